The first-order valence-corrected chi connectivity index (χ1v) is 13.4. The van der Waals surface area contributed by atoms with Gasteiger partial charge < -0.3 is 19.5 Å². The van der Waals surface area contributed by atoms with Crippen molar-refractivity contribution in [1.82, 2.24) is 4.90 Å². The van der Waals surface area contributed by atoms with Gasteiger partial charge in [0.2, 0.25) is 11.8 Å². The number of piperazine rings is 1. The van der Waals surface area contributed by atoms with Crippen molar-refractivity contribution in [3.8, 4) is 11.3 Å². The monoisotopic (exact) mass is 571 g/mol. The maximum Gasteiger partial charge on any atom is 0.416 e. The highest BCUT2D eigenvalue weighted by atomic mass is 19.4. The zero-order valence-corrected chi connectivity index (χ0v) is 22.6. The number of furan rings is 1. The van der Waals surface area contributed by atoms with Crippen molar-refractivity contribution in [2.24, 2.45) is 0 Å². The van der Waals surface area contributed by atoms with Gasteiger partial charge >= 0.3 is 6.18 Å². The van der Waals surface area contributed by atoms with Crippen LogP contribution in [-0.2, 0) is 15.8 Å². The van der Waals surface area contributed by atoms with E-state index in [-0.39, 0.29) is 17.6 Å². The Morgan fingerprint density at radius 1 is 0.786 bits per heavy atom. The van der Waals surface area contributed by atoms with Crippen molar-refractivity contribution in [3.63, 3.8) is 0 Å². The van der Waals surface area contributed by atoms with Crippen LogP contribution >= 0.6 is 0 Å². The summed E-state index contributed by atoms with van der Waals surface area (Å²) in [5.41, 5.74) is 2.12. The summed E-state index contributed by atoms with van der Waals surface area (Å²) in [7, 11) is 0. The SMILES string of the molecule is O=C(/C=C/c1ccc(-c2cccc(C(F)(F)F)c2)o1)Nc1ccc(N2CCN(C(=O)/C=C/c3ccccc3)CC2)cc1. The minimum Gasteiger partial charge on any atom is -0.457 e. The Bertz CT molecular complexity index is 1580. The van der Waals surface area contributed by atoms with Crippen LogP contribution in [0.1, 0.15) is 16.9 Å². The molecule has 5 rings (SSSR count). The van der Waals surface area contributed by atoms with E-state index in [9.17, 15) is 22.8 Å². The molecule has 214 valence electrons. The molecule has 3 aromatic carbocycles. The lowest BCUT2D eigenvalue weighted by molar-refractivity contribution is -0.137. The highest BCUT2D eigenvalue weighted by Gasteiger charge is 2.30. The third kappa shape index (κ3) is 7.37. The molecule has 0 radical (unpaired) electrons. The van der Waals surface area contributed by atoms with Gasteiger partial charge in [0.1, 0.15) is 11.5 Å². The van der Waals surface area contributed by atoms with Crippen LogP contribution in [0.15, 0.2) is 108 Å². The number of benzene rings is 3. The number of hydrogen-bond acceptors (Lipinski definition) is 4. The molecule has 0 aliphatic carbocycles. The van der Waals surface area contributed by atoms with Crippen LogP contribution in [0.4, 0.5) is 24.5 Å². The molecule has 0 atom stereocenters. The number of carbonyl (C=O) groups excluding carboxylic acids is 2. The van der Waals surface area contributed by atoms with Crippen LogP contribution in [0.3, 0.4) is 0 Å². The molecular formula is C33H28F3N3O3. The zero-order valence-electron chi connectivity index (χ0n) is 22.6. The average molecular weight is 572 g/mol. The van der Waals surface area contributed by atoms with Crippen molar-refractivity contribution < 1.29 is 27.2 Å². The molecular weight excluding hydrogens is 543 g/mol. The molecule has 1 fully saturated rings. The number of anilines is 2. The maximum absolute atomic E-state index is 13.0. The summed E-state index contributed by atoms with van der Waals surface area (Å²) in [6.07, 6.45) is 1.74. The molecule has 6 nitrogen and oxygen atoms in total. The van der Waals surface area contributed by atoms with E-state index in [4.69, 9.17) is 4.42 Å². The third-order valence-electron chi connectivity index (χ3n) is 6.81. The van der Waals surface area contributed by atoms with Gasteiger partial charge in [0.25, 0.3) is 0 Å². The predicted molar refractivity (Wildman–Crippen MR) is 158 cm³/mol. The minimum atomic E-state index is -4.45. The summed E-state index contributed by atoms with van der Waals surface area (Å²) in [6.45, 7) is 2.63. The van der Waals surface area contributed by atoms with Gasteiger partial charge in [0.15, 0.2) is 0 Å². The number of hydrogen-bond donors (Lipinski definition) is 1. The summed E-state index contributed by atoms with van der Waals surface area (Å²) in [5, 5.41) is 2.78. The standard InChI is InChI=1S/C33H28F3N3O3/c34-33(35,36)26-8-4-7-25(23-26)30-16-14-29(42-30)15-17-31(40)37-27-10-12-28(13-11-27)38-19-21-39(22-20-38)32(41)18-9-24-5-2-1-3-6-24/h1-18,23H,19-22H2,(H,37,40)/b17-15+,18-9+. The molecule has 9 heteroatoms. The van der Waals surface area contributed by atoms with Crippen molar-refractivity contribution in [3.05, 3.63) is 120 Å². The maximum atomic E-state index is 13.0. The second-order valence-corrected chi connectivity index (χ2v) is 9.71. The first-order valence-electron chi connectivity index (χ1n) is 13.4. The van der Waals surface area contributed by atoms with Crippen LogP contribution in [0.2, 0.25) is 0 Å². The van der Waals surface area contributed by atoms with Crippen LogP contribution < -0.4 is 10.2 Å². The molecule has 1 saturated heterocycles. The Balaban J connectivity index is 1.11. The van der Waals surface area contributed by atoms with Gasteiger partial charge in [-0.15, -0.1) is 0 Å². The second kappa shape index (κ2) is 12.6. The smallest absolute Gasteiger partial charge is 0.416 e. The van der Waals surface area contributed by atoms with Crippen molar-refractivity contribution >= 4 is 35.3 Å². The van der Waals surface area contributed by atoms with Gasteiger partial charge in [-0.3, -0.25) is 9.59 Å². The van der Waals surface area contributed by atoms with Crippen molar-refractivity contribution in [2.75, 3.05) is 36.4 Å². The van der Waals surface area contributed by atoms with Gasteiger partial charge in [0.05, 0.1) is 5.56 Å². The predicted octanol–water partition coefficient (Wildman–Crippen LogP) is 6.98. The Morgan fingerprint density at radius 3 is 2.24 bits per heavy atom. The summed E-state index contributed by atoms with van der Waals surface area (Å²) >= 11 is 0. The van der Waals surface area contributed by atoms with E-state index in [0.29, 0.717) is 43.2 Å². The van der Waals surface area contributed by atoms with Crippen molar-refractivity contribution in [2.45, 2.75) is 6.18 Å². The number of amides is 2. The fourth-order valence-corrected chi connectivity index (χ4v) is 4.57. The minimum absolute atomic E-state index is 0.00829. The zero-order chi connectivity index (χ0) is 29.5. The van der Waals surface area contributed by atoms with Gasteiger partial charge in [-0.2, -0.15) is 13.2 Å². The second-order valence-electron chi connectivity index (χ2n) is 9.71. The van der Waals surface area contributed by atoms with E-state index in [0.717, 1.165) is 23.4 Å². The molecule has 2 heterocycles. The van der Waals surface area contributed by atoms with E-state index in [1.54, 1.807) is 30.3 Å². The van der Waals surface area contributed by atoms with Gasteiger partial charge in [-0.25, -0.2) is 0 Å². The van der Waals surface area contributed by atoms with Crippen molar-refractivity contribution in [1.29, 1.82) is 0 Å². The van der Waals surface area contributed by atoms with E-state index in [1.165, 1.54) is 24.3 Å². The van der Waals surface area contributed by atoms with Crippen LogP contribution in [0.5, 0.6) is 0 Å². The molecule has 0 unspecified atom stereocenters. The van der Waals surface area contributed by atoms with E-state index in [1.807, 2.05) is 53.4 Å². The average Bonchev–Trinajstić information content (AvgIpc) is 3.49. The highest BCUT2D eigenvalue weighted by Crippen LogP contribution is 2.32. The molecule has 0 spiro atoms. The third-order valence-corrected chi connectivity index (χ3v) is 6.81. The molecule has 1 aromatic heterocycles. The molecule has 1 aliphatic rings. The largest absolute Gasteiger partial charge is 0.457 e. The first kappa shape index (κ1) is 28.5. The Kier molecular flexibility index (Phi) is 8.57. The number of nitrogens with zero attached hydrogens (tertiary/aromatic N) is 2. The summed E-state index contributed by atoms with van der Waals surface area (Å²) in [6, 6.07) is 25.2. The van der Waals surface area contributed by atoms with E-state index < -0.39 is 11.7 Å². The molecule has 42 heavy (non-hydrogen) atoms. The molecule has 4 aromatic rings. The molecule has 1 N–H and O–H groups in total. The first-order chi connectivity index (χ1) is 20.2. The van der Waals surface area contributed by atoms with E-state index in [2.05, 4.69) is 10.2 Å². The number of carbonyl (C=O) groups is 2. The highest BCUT2D eigenvalue weighted by molar-refractivity contribution is 6.01. The van der Waals surface area contributed by atoms with Crippen LogP contribution in [0, 0.1) is 0 Å². The fourth-order valence-electron chi connectivity index (χ4n) is 4.57. The van der Waals surface area contributed by atoms with Crippen LogP contribution in [0.25, 0.3) is 23.5 Å². The van der Waals surface area contributed by atoms with Crippen LogP contribution in [-0.4, -0.2) is 42.9 Å². The summed E-state index contributed by atoms with van der Waals surface area (Å²) in [4.78, 5) is 29.0. The molecule has 0 bridgehead atoms. The Morgan fingerprint density at radius 2 is 1.52 bits per heavy atom. The summed E-state index contributed by atoms with van der Waals surface area (Å²) < 4.78 is 44.6. The Labute approximate surface area is 241 Å². The number of alkyl halides is 3. The van der Waals surface area contributed by atoms with Gasteiger partial charge in [0, 0.05) is 55.3 Å². The quantitative estimate of drug-likeness (QED) is 0.243. The normalized spacial score (nSPS) is 14.1. The van der Waals surface area contributed by atoms with Gasteiger partial charge in [-0.05, 0) is 66.2 Å². The lowest BCUT2D eigenvalue weighted by Gasteiger charge is -2.35. The lowest BCUT2D eigenvalue weighted by Crippen LogP contribution is -2.48. The van der Waals surface area contributed by atoms with E-state index >= 15 is 0 Å². The molecule has 1 aliphatic heterocycles. The fraction of sp³-hybridized carbons (Fsp3) is 0.152. The number of nitrogens with one attached hydrogen (secondary N) is 1. The Hall–Kier alpha value is -5.05. The van der Waals surface area contributed by atoms with Gasteiger partial charge in [-0.1, -0.05) is 42.5 Å². The lowest BCUT2D eigenvalue weighted by atomic mass is 10.1. The topological polar surface area (TPSA) is 65.8 Å². The molecule has 0 saturated carbocycles. The molecule has 2 amide bonds. The summed E-state index contributed by atoms with van der Waals surface area (Å²) in [5.74, 6) is 0.216. The number of halogens is 3. The number of rotatable bonds is 7.